The zero-order chi connectivity index (χ0) is 14.0. The molecule has 0 heterocycles. The second-order valence-electron chi connectivity index (χ2n) is 3.70. The van der Waals surface area contributed by atoms with E-state index in [0.29, 0.717) is 0 Å². The number of ether oxygens (including phenoxy) is 1. The molecule has 1 rings (SSSR count). The van der Waals surface area contributed by atoms with Crippen molar-refractivity contribution in [2.45, 2.75) is 20.8 Å². The lowest BCUT2D eigenvalue weighted by Crippen LogP contribution is -2.12. The molecule has 0 atom stereocenters. The van der Waals surface area contributed by atoms with Gasteiger partial charge in [0.25, 0.3) is 5.69 Å². The minimum atomic E-state index is -1.38. The number of carboxylic acid groups (broad SMARTS) is 1. The number of aromatic carboxylic acids is 1. The van der Waals surface area contributed by atoms with Gasteiger partial charge in [0.2, 0.25) is 0 Å². The van der Waals surface area contributed by atoms with Crippen molar-refractivity contribution in [3.8, 4) is 5.75 Å². The lowest BCUT2D eigenvalue weighted by Gasteiger charge is -2.11. The summed E-state index contributed by atoms with van der Waals surface area (Å²) in [6.07, 6.45) is 0. The quantitative estimate of drug-likeness (QED) is 0.381. The molecule has 96 valence electrons. The molecule has 0 aliphatic carbocycles. The van der Waals surface area contributed by atoms with Crippen molar-refractivity contribution in [2.75, 3.05) is 0 Å². The smallest absolute Gasteiger partial charge is 0.340 e. The van der Waals surface area contributed by atoms with Crippen LogP contribution in [-0.4, -0.2) is 22.0 Å². The number of esters is 1. The van der Waals surface area contributed by atoms with E-state index in [1.54, 1.807) is 0 Å². The maximum Gasteiger partial charge on any atom is 0.340 e. The molecule has 0 radical (unpaired) electrons. The predicted octanol–water partition coefficient (Wildman–Crippen LogP) is 1.84. The van der Waals surface area contributed by atoms with Gasteiger partial charge in [-0.15, -0.1) is 0 Å². The zero-order valence-electron chi connectivity index (χ0n) is 10.0. The third kappa shape index (κ3) is 2.45. The van der Waals surface area contributed by atoms with E-state index < -0.39 is 16.9 Å². The number of benzene rings is 1. The van der Waals surface area contributed by atoms with Crippen LogP contribution in [0.1, 0.15) is 28.4 Å². The molecule has 0 aliphatic heterocycles. The van der Waals surface area contributed by atoms with E-state index in [0.717, 1.165) is 6.92 Å². The van der Waals surface area contributed by atoms with Crippen molar-refractivity contribution in [1.29, 1.82) is 0 Å². The Balaban J connectivity index is 3.62. The van der Waals surface area contributed by atoms with E-state index in [9.17, 15) is 19.7 Å². The summed E-state index contributed by atoms with van der Waals surface area (Å²) in [6, 6.07) is 1.18. The minimum absolute atomic E-state index is 0.0469. The summed E-state index contributed by atoms with van der Waals surface area (Å²) < 4.78 is 4.81. The van der Waals surface area contributed by atoms with Crippen LogP contribution in [0.2, 0.25) is 0 Å². The number of rotatable bonds is 3. The van der Waals surface area contributed by atoms with Crippen molar-refractivity contribution < 1.29 is 24.4 Å². The predicted molar refractivity (Wildman–Crippen MR) is 60.8 cm³/mol. The Labute approximate surface area is 102 Å². The number of hydrogen-bond donors (Lipinski definition) is 1. The van der Waals surface area contributed by atoms with Crippen molar-refractivity contribution in [3.63, 3.8) is 0 Å². The van der Waals surface area contributed by atoms with E-state index in [-0.39, 0.29) is 28.1 Å². The van der Waals surface area contributed by atoms with Crippen LogP contribution in [0.3, 0.4) is 0 Å². The van der Waals surface area contributed by atoms with Gasteiger partial charge in [-0.25, -0.2) is 4.79 Å². The molecule has 0 fully saturated rings. The highest BCUT2D eigenvalue weighted by Crippen LogP contribution is 2.33. The molecule has 0 unspecified atom stereocenters. The average molecular weight is 253 g/mol. The largest absolute Gasteiger partial charge is 0.478 e. The fraction of sp³-hybridized carbons (Fsp3) is 0.273. The molecule has 0 amide bonds. The van der Waals surface area contributed by atoms with Gasteiger partial charge in [0.05, 0.1) is 4.92 Å². The molecule has 18 heavy (non-hydrogen) atoms. The summed E-state index contributed by atoms with van der Waals surface area (Å²) in [5.41, 5.74) is -0.507. The van der Waals surface area contributed by atoms with Crippen LogP contribution in [0.4, 0.5) is 5.69 Å². The molecule has 0 spiro atoms. The van der Waals surface area contributed by atoms with Gasteiger partial charge in [-0.1, -0.05) is 0 Å². The first-order valence-corrected chi connectivity index (χ1v) is 4.96. The summed E-state index contributed by atoms with van der Waals surface area (Å²) in [5.74, 6) is -2.22. The Morgan fingerprint density at radius 3 is 2.33 bits per heavy atom. The van der Waals surface area contributed by atoms with Crippen molar-refractivity contribution in [2.24, 2.45) is 0 Å². The first kappa shape index (κ1) is 13.6. The summed E-state index contributed by atoms with van der Waals surface area (Å²) >= 11 is 0. The number of aryl methyl sites for hydroxylation is 1. The number of nitro groups is 1. The summed E-state index contributed by atoms with van der Waals surface area (Å²) in [7, 11) is 0. The van der Waals surface area contributed by atoms with E-state index in [1.807, 2.05) is 0 Å². The van der Waals surface area contributed by atoms with Gasteiger partial charge in [-0.05, 0) is 19.4 Å². The molecule has 0 saturated carbocycles. The van der Waals surface area contributed by atoms with Gasteiger partial charge in [0.15, 0.2) is 0 Å². The molecule has 7 heteroatoms. The average Bonchev–Trinajstić information content (AvgIpc) is 2.21. The molecular formula is C11H11NO6. The first-order valence-electron chi connectivity index (χ1n) is 4.96. The molecular weight excluding hydrogens is 242 g/mol. The maximum absolute atomic E-state index is 11.1. The Bertz CT molecular complexity index is 549. The van der Waals surface area contributed by atoms with E-state index in [2.05, 4.69) is 0 Å². The molecule has 0 saturated heterocycles. The molecule has 1 N–H and O–H groups in total. The van der Waals surface area contributed by atoms with Crippen molar-refractivity contribution in [1.82, 2.24) is 0 Å². The molecule has 0 aliphatic rings. The van der Waals surface area contributed by atoms with Crippen molar-refractivity contribution in [3.05, 3.63) is 32.9 Å². The first-order chi connectivity index (χ1) is 8.25. The second-order valence-corrected chi connectivity index (χ2v) is 3.70. The lowest BCUT2D eigenvalue weighted by atomic mass is 10.0. The summed E-state index contributed by atoms with van der Waals surface area (Å²) in [5, 5.41) is 19.9. The second kappa shape index (κ2) is 4.82. The highest BCUT2D eigenvalue weighted by molar-refractivity contribution is 5.95. The van der Waals surface area contributed by atoms with Gasteiger partial charge in [-0.3, -0.25) is 14.9 Å². The number of nitro benzene ring substituents is 1. The lowest BCUT2D eigenvalue weighted by molar-refractivity contribution is -0.385. The van der Waals surface area contributed by atoms with Gasteiger partial charge < -0.3 is 9.84 Å². The highest BCUT2D eigenvalue weighted by Gasteiger charge is 2.26. The standard InChI is InChI=1S/C11H11NO6/c1-5-4-8(12(16)17)6(2)9(11(14)15)10(5)18-7(3)13/h4H,1-3H3,(H,14,15). The van der Waals surface area contributed by atoms with Gasteiger partial charge in [0, 0.05) is 18.6 Å². The molecule has 1 aromatic rings. The van der Waals surface area contributed by atoms with Gasteiger partial charge >= 0.3 is 11.9 Å². The molecule has 1 aromatic carbocycles. The Kier molecular flexibility index (Phi) is 3.65. The number of carboxylic acids is 1. The van der Waals surface area contributed by atoms with Crippen LogP contribution in [-0.2, 0) is 4.79 Å². The topological polar surface area (TPSA) is 107 Å². The number of carbonyl (C=O) groups is 2. The monoisotopic (exact) mass is 253 g/mol. The van der Waals surface area contributed by atoms with Crippen LogP contribution in [0.5, 0.6) is 5.75 Å². The van der Waals surface area contributed by atoms with Gasteiger partial charge in [0.1, 0.15) is 11.3 Å². The zero-order valence-corrected chi connectivity index (χ0v) is 10.0. The fourth-order valence-corrected chi connectivity index (χ4v) is 1.60. The van der Waals surface area contributed by atoms with Crippen LogP contribution in [0.25, 0.3) is 0 Å². The highest BCUT2D eigenvalue weighted by atomic mass is 16.6. The third-order valence-electron chi connectivity index (χ3n) is 2.35. The maximum atomic E-state index is 11.1. The summed E-state index contributed by atoms with van der Waals surface area (Å²) in [6.45, 7) is 3.87. The van der Waals surface area contributed by atoms with E-state index >= 15 is 0 Å². The van der Waals surface area contributed by atoms with Crippen LogP contribution >= 0.6 is 0 Å². The van der Waals surface area contributed by atoms with Crippen LogP contribution in [0, 0.1) is 24.0 Å². The van der Waals surface area contributed by atoms with E-state index in [4.69, 9.17) is 9.84 Å². The normalized spacial score (nSPS) is 9.94. The Hall–Kier alpha value is -2.44. The SMILES string of the molecule is CC(=O)Oc1c(C)cc([N+](=O)[O-])c(C)c1C(=O)O. The van der Waals surface area contributed by atoms with Crippen LogP contribution < -0.4 is 4.74 Å². The molecule has 0 bridgehead atoms. The van der Waals surface area contributed by atoms with Crippen LogP contribution in [0.15, 0.2) is 6.07 Å². The number of carbonyl (C=O) groups excluding carboxylic acids is 1. The molecule has 0 aromatic heterocycles. The Morgan fingerprint density at radius 2 is 1.94 bits per heavy atom. The number of nitrogens with zero attached hydrogens (tertiary/aromatic N) is 1. The molecule has 7 nitrogen and oxygen atoms in total. The van der Waals surface area contributed by atoms with E-state index in [1.165, 1.54) is 19.9 Å². The Morgan fingerprint density at radius 1 is 1.39 bits per heavy atom. The summed E-state index contributed by atoms with van der Waals surface area (Å²) in [4.78, 5) is 32.2. The third-order valence-corrected chi connectivity index (χ3v) is 2.35. The van der Waals surface area contributed by atoms with Crippen molar-refractivity contribution >= 4 is 17.6 Å². The number of hydrogen-bond acceptors (Lipinski definition) is 5. The fourth-order valence-electron chi connectivity index (χ4n) is 1.60. The minimum Gasteiger partial charge on any atom is -0.478 e. The van der Waals surface area contributed by atoms with Gasteiger partial charge in [-0.2, -0.15) is 0 Å².